The second-order valence-corrected chi connectivity index (χ2v) is 8.11. The third-order valence-electron chi connectivity index (χ3n) is 6.29. The molecule has 0 aliphatic carbocycles. The molecule has 0 spiro atoms. The summed E-state index contributed by atoms with van der Waals surface area (Å²) in [5.74, 6) is 2.13. The number of benzene rings is 1. The third kappa shape index (κ3) is 4.23. The molecule has 160 valence electrons. The lowest BCUT2D eigenvalue weighted by molar-refractivity contribution is -0.136. The summed E-state index contributed by atoms with van der Waals surface area (Å²) in [7, 11) is 0. The van der Waals surface area contributed by atoms with Crippen LogP contribution in [0.25, 0.3) is 5.82 Å². The van der Waals surface area contributed by atoms with Crippen LogP contribution in [0.15, 0.2) is 61.4 Å². The minimum atomic E-state index is 0.106. The molecule has 2 aromatic heterocycles. The molecule has 0 saturated carbocycles. The third-order valence-corrected chi connectivity index (χ3v) is 6.29. The molecule has 1 amide bonds. The van der Waals surface area contributed by atoms with Crippen molar-refractivity contribution in [2.45, 2.75) is 12.8 Å². The molecule has 31 heavy (non-hydrogen) atoms. The number of piperidine rings is 1. The van der Waals surface area contributed by atoms with Crippen molar-refractivity contribution in [2.75, 3.05) is 49.1 Å². The molecule has 1 aromatic carbocycles. The van der Waals surface area contributed by atoms with Crippen LogP contribution in [0.4, 0.5) is 11.5 Å². The van der Waals surface area contributed by atoms with Gasteiger partial charge in [0.1, 0.15) is 24.3 Å². The van der Waals surface area contributed by atoms with E-state index in [1.807, 2.05) is 22.9 Å². The van der Waals surface area contributed by atoms with Crippen LogP contribution in [-0.4, -0.2) is 69.6 Å². The average molecular weight is 418 g/mol. The van der Waals surface area contributed by atoms with Crippen LogP contribution >= 0.6 is 0 Å². The van der Waals surface area contributed by atoms with Crippen LogP contribution in [0.2, 0.25) is 0 Å². The topological polar surface area (TPSA) is 70.4 Å². The number of piperazine rings is 1. The van der Waals surface area contributed by atoms with Crippen LogP contribution < -0.4 is 9.80 Å². The fourth-order valence-corrected chi connectivity index (χ4v) is 4.48. The first-order valence-corrected chi connectivity index (χ1v) is 10.9. The molecule has 2 fully saturated rings. The van der Waals surface area contributed by atoms with Crippen molar-refractivity contribution >= 4 is 17.4 Å². The Morgan fingerprint density at radius 1 is 0.871 bits per heavy atom. The summed E-state index contributed by atoms with van der Waals surface area (Å²) in [5.41, 5.74) is 1.24. The van der Waals surface area contributed by atoms with Crippen molar-refractivity contribution in [2.24, 2.45) is 5.92 Å². The zero-order chi connectivity index (χ0) is 21.0. The van der Waals surface area contributed by atoms with Crippen molar-refractivity contribution < 1.29 is 4.79 Å². The predicted molar refractivity (Wildman–Crippen MR) is 119 cm³/mol. The number of aromatic nitrogens is 4. The predicted octanol–water partition coefficient (Wildman–Crippen LogP) is 2.23. The van der Waals surface area contributed by atoms with Gasteiger partial charge in [-0.25, -0.2) is 15.0 Å². The Morgan fingerprint density at radius 3 is 2.32 bits per heavy atom. The molecule has 0 atom stereocenters. The minimum absolute atomic E-state index is 0.106. The maximum absolute atomic E-state index is 13.1. The van der Waals surface area contributed by atoms with E-state index in [9.17, 15) is 4.79 Å². The average Bonchev–Trinajstić information content (AvgIpc) is 3.40. The number of amides is 1. The largest absolute Gasteiger partial charge is 0.368 e. The van der Waals surface area contributed by atoms with Gasteiger partial charge >= 0.3 is 0 Å². The Hall–Kier alpha value is -3.42. The highest BCUT2D eigenvalue weighted by atomic mass is 16.2. The van der Waals surface area contributed by atoms with E-state index < -0.39 is 0 Å². The van der Waals surface area contributed by atoms with Gasteiger partial charge in [-0.1, -0.05) is 18.2 Å². The number of nitrogens with zero attached hydrogens (tertiary/aromatic N) is 7. The Balaban J connectivity index is 1.15. The maximum Gasteiger partial charge on any atom is 0.225 e. The Morgan fingerprint density at radius 2 is 1.61 bits per heavy atom. The molecule has 8 nitrogen and oxygen atoms in total. The van der Waals surface area contributed by atoms with Crippen molar-refractivity contribution in [3.05, 3.63) is 61.4 Å². The van der Waals surface area contributed by atoms with Gasteiger partial charge in [-0.2, -0.15) is 0 Å². The first-order valence-electron chi connectivity index (χ1n) is 10.9. The molecular weight excluding hydrogens is 390 g/mol. The normalized spacial score (nSPS) is 17.7. The molecule has 0 N–H and O–H groups in total. The van der Waals surface area contributed by atoms with Gasteiger partial charge in [0, 0.05) is 69.3 Å². The SMILES string of the molecule is O=C(C1CCN(c2cc(-n3ccnc3)ncn2)CC1)N1CCN(c2ccccc2)CC1. The minimum Gasteiger partial charge on any atom is -0.368 e. The number of carbonyl (C=O) groups excluding carboxylic acids is 1. The molecule has 4 heterocycles. The second kappa shape index (κ2) is 8.75. The number of para-hydroxylation sites is 1. The smallest absolute Gasteiger partial charge is 0.225 e. The lowest BCUT2D eigenvalue weighted by atomic mass is 9.95. The van der Waals surface area contributed by atoms with Crippen molar-refractivity contribution in [1.29, 1.82) is 0 Å². The highest BCUT2D eigenvalue weighted by Gasteiger charge is 2.31. The van der Waals surface area contributed by atoms with E-state index in [1.165, 1.54) is 5.69 Å². The van der Waals surface area contributed by atoms with E-state index in [4.69, 9.17) is 0 Å². The number of hydrogen-bond acceptors (Lipinski definition) is 6. The lowest BCUT2D eigenvalue weighted by Crippen LogP contribution is -2.51. The second-order valence-electron chi connectivity index (χ2n) is 8.11. The van der Waals surface area contributed by atoms with E-state index in [-0.39, 0.29) is 5.92 Å². The standard InChI is InChI=1S/C23H27N7O/c31-23(29-14-12-27(13-15-29)20-4-2-1-3-5-20)19-6-9-28(10-7-19)21-16-22(26-17-25-21)30-11-8-24-18-30/h1-5,8,11,16-19H,6-7,9-10,12-15H2. The molecular formula is C23H27N7O. The van der Waals surface area contributed by atoms with Crippen LogP contribution in [0.1, 0.15) is 12.8 Å². The molecule has 2 saturated heterocycles. The number of carbonyl (C=O) groups is 1. The highest BCUT2D eigenvalue weighted by Crippen LogP contribution is 2.25. The van der Waals surface area contributed by atoms with Gasteiger partial charge in [-0.15, -0.1) is 0 Å². The Kier molecular flexibility index (Phi) is 5.52. The van der Waals surface area contributed by atoms with E-state index in [0.29, 0.717) is 5.91 Å². The molecule has 0 bridgehead atoms. The highest BCUT2D eigenvalue weighted by molar-refractivity contribution is 5.79. The monoisotopic (exact) mass is 417 g/mol. The molecule has 2 aliphatic rings. The summed E-state index contributed by atoms with van der Waals surface area (Å²) < 4.78 is 1.87. The summed E-state index contributed by atoms with van der Waals surface area (Å²) in [6.07, 6.45) is 8.65. The first-order chi connectivity index (χ1) is 15.3. The Bertz CT molecular complexity index is 992. The van der Waals surface area contributed by atoms with Gasteiger partial charge in [0.15, 0.2) is 0 Å². The molecule has 0 radical (unpaired) electrons. The first kappa shape index (κ1) is 19.5. The maximum atomic E-state index is 13.1. The van der Waals surface area contributed by atoms with E-state index >= 15 is 0 Å². The molecule has 0 unspecified atom stereocenters. The van der Waals surface area contributed by atoms with E-state index in [2.05, 4.69) is 53.9 Å². The summed E-state index contributed by atoms with van der Waals surface area (Å²) in [4.78, 5) is 32.6. The zero-order valence-corrected chi connectivity index (χ0v) is 17.5. The molecule has 3 aromatic rings. The summed E-state index contributed by atoms with van der Waals surface area (Å²) in [5, 5.41) is 0. The Labute approximate surface area is 182 Å². The molecule has 2 aliphatic heterocycles. The van der Waals surface area contributed by atoms with E-state index in [1.54, 1.807) is 18.9 Å². The summed E-state index contributed by atoms with van der Waals surface area (Å²) in [6.45, 7) is 5.06. The fourth-order valence-electron chi connectivity index (χ4n) is 4.48. The van der Waals surface area contributed by atoms with Crippen LogP contribution in [0, 0.1) is 5.92 Å². The van der Waals surface area contributed by atoms with Crippen molar-refractivity contribution in [3.63, 3.8) is 0 Å². The van der Waals surface area contributed by atoms with Gasteiger partial charge in [0.25, 0.3) is 0 Å². The van der Waals surface area contributed by atoms with Crippen molar-refractivity contribution in [3.8, 4) is 5.82 Å². The van der Waals surface area contributed by atoms with Gasteiger partial charge in [0.05, 0.1) is 0 Å². The lowest BCUT2D eigenvalue weighted by Gasteiger charge is -2.39. The summed E-state index contributed by atoms with van der Waals surface area (Å²) in [6, 6.07) is 12.4. The quantitative estimate of drug-likeness (QED) is 0.648. The molecule has 5 rings (SSSR count). The van der Waals surface area contributed by atoms with Gasteiger partial charge < -0.3 is 14.7 Å². The zero-order valence-electron chi connectivity index (χ0n) is 17.5. The van der Waals surface area contributed by atoms with Crippen LogP contribution in [0.5, 0.6) is 0 Å². The number of imidazole rings is 1. The summed E-state index contributed by atoms with van der Waals surface area (Å²) >= 11 is 0. The van der Waals surface area contributed by atoms with Gasteiger partial charge in [0.2, 0.25) is 5.91 Å². The van der Waals surface area contributed by atoms with Crippen molar-refractivity contribution in [1.82, 2.24) is 24.4 Å². The van der Waals surface area contributed by atoms with Crippen LogP contribution in [-0.2, 0) is 4.79 Å². The van der Waals surface area contributed by atoms with E-state index in [0.717, 1.165) is 63.7 Å². The van der Waals surface area contributed by atoms with Crippen LogP contribution in [0.3, 0.4) is 0 Å². The fraction of sp³-hybridized carbons (Fsp3) is 0.391. The van der Waals surface area contributed by atoms with Gasteiger partial charge in [-0.3, -0.25) is 9.36 Å². The number of anilines is 2. The molecule has 8 heteroatoms. The van der Waals surface area contributed by atoms with Gasteiger partial charge in [-0.05, 0) is 25.0 Å². The number of hydrogen-bond donors (Lipinski definition) is 0. The number of rotatable bonds is 4.